The van der Waals surface area contributed by atoms with Crippen LogP contribution in [-0.2, 0) is 16.6 Å². The molecule has 0 spiro atoms. The molecule has 0 aliphatic heterocycles. The zero-order valence-corrected chi connectivity index (χ0v) is 14.3. The Kier molecular flexibility index (Phi) is 5.04. The van der Waals surface area contributed by atoms with E-state index in [1.807, 2.05) is 0 Å². The van der Waals surface area contributed by atoms with E-state index in [9.17, 15) is 17.6 Å². The fourth-order valence-electron chi connectivity index (χ4n) is 2.26. The third kappa shape index (κ3) is 4.09. The third-order valence-electron chi connectivity index (χ3n) is 3.54. The topological polar surface area (TPSA) is 88.4 Å². The van der Waals surface area contributed by atoms with Crippen molar-refractivity contribution in [3.8, 4) is 0 Å². The number of amides is 1. The second-order valence-corrected chi connectivity index (χ2v) is 7.05. The van der Waals surface area contributed by atoms with Gasteiger partial charge < -0.3 is 9.73 Å². The first kappa shape index (κ1) is 17.7. The molecule has 1 amide bonds. The van der Waals surface area contributed by atoms with Gasteiger partial charge in [0.25, 0.3) is 15.9 Å². The summed E-state index contributed by atoms with van der Waals surface area (Å²) in [4.78, 5) is 12.3. The van der Waals surface area contributed by atoms with Crippen LogP contribution in [0.25, 0.3) is 0 Å². The molecule has 0 unspecified atom stereocenters. The normalized spacial score (nSPS) is 11.1. The number of nitrogens with one attached hydrogen (secondary N) is 2. The van der Waals surface area contributed by atoms with E-state index in [1.165, 1.54) is 18.4 Å². The van der Waals surface area contributed by atoms with Crippen LogP contribution >= 0.6 is 0 Å². The van der Waals surface area contributed by atoms with Crippen LogP contribution in [0.2, 0.25) is 0 Å². The lowest BCUT2D eigenvalue weighted by Gasteiger charge is -2.12. The van der Waals surface area contributed by atoms with Gasteiger partial charge >= 0.3 is 0 Å². The van der Waals surface area contributed by atoms with E-state index in [1.54, 1.807) is 24.3 Å². The van der Waals surface area contributed by atoms with E-state index in [4.69, 9.17) is 4.42 Å². The number of para-hydroxylation sites is 1. The summed E-state index contributed by atoms with van der Waals surface area (Å²) in [5, 5.41) is 2.66. The number of carbonyl (C=O) groups is 1. The maximum absolute atomic E-state index is 13.0. The van der Waals surface area contributed by atoms with Crippen LogP contribution in [0, 0.1) is 5.82 Å². The van der Waals surface area contributed by atoms with Gasteiger partial charge in [0, 0.05) is 0 Å². The molecule has 1 heterocycles. The van der Waals surface area contributed by atoms with Gasteiger partial charge in [-0.25, -0.2) is 12.8 Å². The van der Waals surface area contributed by atoms with Crippen molar-refractivity contribution < 1.29 is 22.0 Å². The molecular weight excluding hydrogens is 359 g/mol. The van der Waals surface area contributed by atoms with E-state index in [2.05, 4.69) is 10.0 Å². The van der Waals surface area contributed by atoms with Crippen LogP contribution in [0.1, 0.15) is 16.1 Å². The van der Waals surface area contributed by atoms with Crippen molar-refractivity contribution in [1.29, 1.82) is 0 Å². The lowest BCUT2D eigenvalue weighted by molar-refractivity contribution is 0.0949. The minimum absolute atomic E-state index is 0.107. The molecule has 1 aromatic heterocycles. The van der Waals surface area contributed by atoms with Crippen LogP contribution in [0.4, 0.5) is 10.1 Å². The molecule has 0 saturated carbocycles. The third-order valence-corrected chi connectivity index (χ3v) is 4.92. The van der Waals surface area contributed by atoms with Gasteiger partial charge in [-0.05, 0) is 48.5 Å². The highest BCUT2D eigenvalue weighted by Crippen LogP contribution is 2.20. The zero-order chi connectivity index (χ0) is 18.6. The Hall–Kier alpha value is -3.13. The van der Waals surface area contributed by atoms with Crippen molar-refractivity contribution in [2.24, 2.45) is 0 Å². The fraction of sp³-hybridized carbons (Fsp3) is 0.0556. The lowest BCUT2D eigenvalue weighted by Crippen LogP contribution is -2.24. The second-order valence-electron chi connectivity index (χ2n) is 5.37. The standard InChI is InChI=1S/C18H15FN2O4S/c19-13-7-9-15(10-8-13)26(23,24)21-17-6-2-1-5-16(17)18(22)20-12-14-4-3-11-25-14/h1-11,21H,12H2,(H,20,22). The van der Waals surface area contributed by atoms with Gasteiger partial charge in [0.15, 0.2) is 0 Å². The number of benzene rings is 2. The van der Waals surface area contributed by atoms with Gasteiger partial charge in [0.1, 0.15) is 11.6 Å². The summed E-state index contributed by atoms with van der Waals surface area (Å²) in [7, 11) is -3.96. The van der Waals surface area contributed by atoms with Crippen molar-refractivity contribution in [3.05, 3.63) is 84.1 Å². The summed E-state index contributed by atoms with van der Waals surface area (Å²) >= 11 is 0. The minimum Gasteiger partial charge on any atom is -0.467 e. The molecular formula is C18H15FN2O4S. The number of carbonyl (C=O) groups excluding carboxylic acids is 1. The first-order valence-corrected chi connectivity index (χ1v) is 9.12. The molecule has 0 saturated heterocycles. The molecule has 0 fully saturated rings. The molecule has 3 aromatic rings. The average molecular weight is 374 g/mol. The number of sulfonamides is 1. The predicted molar refractivity (Wildman–Crippen MR) is 93.5 cm³/mol. The SMILES string of the molecule is O=C(NCc1ccco1)c1ccccc1NS(=O)(=O)c1ccc(F)cc1. The van der Waals surface area contributed by atoms with E-state index >= 15 is 0 Å². The molecule has 26 heavy (non-hydrogen) atoms. The molecule has 6 nitrogen and oxygen atoms in total. The summed E-state index contributed by atoms with van der Waals surface area (Å²) in [6, 6.07) is 14.0. The van der Waals surface area contributed by atoms with Crippen LogP contribution < -0.4 is 10.0 Å². The van der Waals surface area contributed by atoms with E-state index in [0.29, 0.717) is 5.76 Å². The first-order valence-electron chi connectivity index (χ1n) is 7.64. The fourth-order valence-corrected chi connectivity index (χ4v) is 3.34. The Balaban J connectivity index is 1.80. The average Bonchev–Trinajstić information content (AvgIpc) is 3.14. The smallest absolute Gasteiger partial charge is 0.261 e. The molecule has 2 N–H and O–H groups in total. The van der Waals surface area contributed by atoms with Gasteiger partial charge in [-0.15, -0.1) is 0 Å². The molecule has 0 aliphatic rings. The van der Waals surface area contributed by atoms with Crippen LogP contribution in [0.5, 0.6) is 0 Å². The zero-order valence-electron chi connectivity index (χ0n) is 13.5. The molecule has 0 radical (unpaired) electrons. The number of rotatable bonds is 6. The lowest BCUT2D eigenvalue weighted by atomic mass is 10.1. The van der Waals surface area contributed by atoms with Gasteiger partial charge in [0.2, 0.25) is 0 Å². The summed E-state index contributed by atoms with van der Waals surface area (Å²) in [5.41, 5.74) is 0.276. The van der Waals surface area contributed by atoms with E-state index in [0.717, 1.165) is 24.3 Å². The Morgan fingerprint density at radius 1 is 1.00 bits per heavy atom. The number of halogens is 1. The highest BCUT2D eigenvalue weighted by Gasteiger charge is 2.18. The van der Waals surface area contributed by atoms with Crippen LogP contribution in [0.15, 0.2) is 76.2 Å². The van der Waals surface area contributed by atoms with E-state index in [-0.39, 0.29) is 22.7 Å². The Morgan fingerprint density at radius 2 is 1.73 bits per heavy atom. The van der Waals surface area contributed by atoms with Crippen molar-refractivity contribution in [1.82, 2.24) is 5.32 Å². The summed E-state index contributed by atoms with van der Waals surface area (Å²) in [5.74, 6) is -0.428. The first-order chi connectivity index (χ1) is 12.5. The van der Waals surface area contributed by atoms with E-state index < -0.39 is 21.7 Å². The molecule has 8 heteroatoms. The number of hydrogen-bond acceptors (Lipinski definition) is 4. The van der Waals surface area contributed by atoms with Gasteiger partial charge in [-0.1, -0.05) is 12.1 Å². The summed E-state index contributed by atoms with van der Waals surface area (Å²) in [6.45, 7) is 0.172. The predicted octanol–water partition coefficient (Wildman–Crippen LogP) is 3.15. The molecule has 2 aromatic carbocycles. The number of hydrogen-bond donors (Lipinski definition) is 2. The highest BCUT2D eigenvalue weighted by atomic mass is 32.2. The Bertz CT molecular complexity index is 1000. The Morgan fingerprint density at radius 3 is 2.42 bits per heavy atom. The summed E-state index contributed by atoms with van der Waals surface area (Å²) < 4.78 is 45.4. The van der Waals surface area contributed by atoms with Crippen molar-refractivity contribution >= 4 is 21.6 Å². The highest BCUT2D eigenvalue weighted by molar-refractivity contribution is 7.92. The van der Waals surface area contributed by atoms with Crippen molar-refractivity contribution in [3.63, 3.8) is 0 Å². The van der Waals surface area contributed by atoms with Crippen molar-refractivity contribution in [2.45, 2.75) is 11.4 Å². The van der Waals surface area contributed by atoms with Crippen LogP contribution in [0.3, 0.4) is 0 Å². The Labute approximate surface area is 149 Å². The minimum atomic E-state index is -3.96. The van der Waals surface area contributed by atoms with Gasteiger partial charge in [-0.3, -0.25) is 9.52 Å². The number of furan rings is 1. The summed E-state index contributed by atoms with van der Waals surface area (Å²) in [6.07, 6.45) is 1.49. The molecule has 134 valence electrons. The molecule has 3 rings (SSSR count). The second kappa shape index (κ2) is 7.40. The monoisotopic (exact) mass is 374 g/mol. The maximum atomic E-state index is 13.0. The van der Waals surface area contributed by atoms with Crippen molar-refractivity contribution in [2.75, 3.05) is 4.72 Å². The molecule has 0 aliphatic carbocycles. The maximum Gasteiger partial charge on any atom is 0.261 e. The van der Waals surface area contributed by atoms with Crippen LogP contribution in [-0.4, -0.2) is 14.3 Å². The molecule has 0 bridgehead atoms. The van der Waals surface area contributed by atoms with Gasteiger partial charge in [0.05, 0.1) is 29.0 Å². The molecule has 0 atom stereocenters. The van der Waals surface area contributed by atoms with Gasteiger partial charge in [-0.2, -0.15) is 0 Å². The number of anilines is 1. The quantitative estimate of drug-likeness (QED) is 0.694. The largest absolute Gasteiger partial charge is 0.467 e.